The Morgan fingerprint density at radius 2 is 2.40 bits per heavy atom. The molecule has 0 aromatic carbocycles. The van der Waals surface area contributed by atoms with Gasteiger partial charge in [-0.1, -0.05) is 0 Å². The van der Waals surface area contributed by atoms with Crippen LogP contribution in [0.5, 0.6) is 0 Å². The molecule has 0 saturated carbocycles. The average molecular weight is 157 g/mol. The maximum Gasteiger partial charge on any atom is 0.277 e. The van der Waals surface area contributed by atoms with Crippen molar-refractivity contribution in [2.24, 2.45) is 5.29 Å². The van der Waals surface area contributed by atoms with Gasteiger partial charge in [0.15, 0.2) is 0 Å². The van der Waals surface area contributed by atoms with E-state index in [1.54, 1.807) is 0 Å². The summed E-state index contributed by atoms with van der Waals surface area (Å²) in [6.07, 6.45) is 1.35. The van der Waals surface area contributed by atoms with E-state index in [4.69, 9.17) is 0 Å². The minimum absolute atomic E-state index is 0.00231. The third-order valence-corrected chi connectivity index (χ3v) is 1.21. The molecule has 1 aromatic heterocycles. The zero-order valence-electron chi connectivity index (χ0n) is 4.77. The third-order valence-electron chi connectivity index (χ3n) is 0.915. The van der Waals surface area contributed by atoms with Crippen LogP contribution in [0, 0.1) is 9.68 Å². The molecular weight excluding hydrogens is 154 g/mol. The summed E-state index contributed by atoms with van der Waals surface area (Å²) in [5.41, 5.74) is -0.529. The van der Waals surface area contributed by atoms with Crippen LogP contribution < -0.4 is 5.56 Å². The van der Waals surface area contributed by atoms with Crippen molar-refractivity contribution in [2.75, 3.05) is 0 Å². The quantitative estimate of drug-likeness (QED) is 0.475. The average Bonchev–Trinajstić information content (AvgIpc) is 1.88. The molecule has 0 radical (unpaired) electrons. The summed E-state index contributed by atoms with van der Waals surface area (Å²) in [6, 6.07) is 1.16. The van der Waals surface area contributed by atoms with Gasteiger partial charge in [0.05, 0.1) is 5.29 Å². The molecule has 0 atom stereocenters. The van der Waals surface area contributed by atoms with Crippen LogP contribution in [-0.2, 0) is 0 Å². The molecule has 5 nitrogen and oxygen atoms in total. The molecule has 0 spiro atoms. The zero-order chi connectivity index (χ0) is 7.56. The summed E-state index contributed by atoms with van der Waals surface area (Å²) in [6.45, 7) is 0. The fourth-order valence-electron chi connectivity index (χ4n) is 0.493. The molecule has 6 heteroatoms. The maximum absolute atomic E-state index is 10.7. The molecule has 1 heterocycles. The van der Waals surface area contributed by atoms with E-state index in [2.05, 4.69) is 22.5 Å². The summed E-state index contributed by atoms with van der Waals surface area (Å²) < 4.78 is 0.567. The first-order chi connectivity index (χ1) is 4.75. The molecule has 0 unspecified atom stereocenters. The van der Waals surface area contributed by atoms with Crippen LogP contribution in [0.1, 0.15) is 0 Å². The van der Waals surface area contributed by atoms with Crippen molar-refractivity contribution in [1.29, 1.82) is 0 Å². The Kier molecular flexibility index (Phi) is 1.72. The number of hydrogen-bond donors (Lipinski definition) is 1. The number of aromatic amines is 1. The summed E-state index contributed by atoms with van der Waals surface area (Å²) >= 11 is 4.55. The lowest BCUT2D eigenvalue weighted by Crippen LogP contribution is -2.15. The monoisotopic (exact) mass is 157 g/mol. The molecule has 0 aliphatic heterocycles. The van der Waals surface area contributed by atoms with E-state index in [1.165, 1.54) is 6.20 Å². The number of H-pyrrole nitrogens is 1. The van der Waals surface area contributed by atoms with Crippen molar-refractivity contribution in [3.63, 3.8) is 0 Å². The second-order valence-electron chi connectivity index (χ2n) is 1.51. The van der Waals surface area contributed by atoms with E-state index < -0.39 is 5.56 Å². The van der Waals surface area contributed by atoms with Gasteiger partial charge in [-0.2, -0.15) is 0 Å². The number of nitroso groups, excluding NO2 is 1. The molecule has 1 N–H and O–H groups in total. The van der Waals surface area contributed by atoms with Crippen LogP contribution in [0.15, 0.2) is 22.3 Å². The van der Waals surface area contributed by atoms with Gasteiger partial charge >= 0.3 is 0 Å². The fourth-order valence-corrected chi connectivity index (χ4v) is 0.685. The van der Waals surface area contributed by atoms with Gasteiger partial charge in [-0.15, -0.1) is 9.58 Å². The Bertz CT molecular complexity index is 324. The highest BCUT2D eigenvalue weighted by Gasteiger charge is 1.92. The molecular formula is C4H3N3O2S. The highest BCUT2D eigenvalue weighted by molar-refractivity contribution is 7.71. The zero-order valence-corrected chi connectivity index (χ0v) is 5.59. The van der Waals surface area contributed by atoms with E-state index in [1.807, 2.05) is 0 Å². The lowest BCUT2D eigenvalue weighted by Gasteiger charge is -1.88. The maximum atomic E-state index is 10.7. The first-order valence-corrected chi connectivity index (χ1v) is 2.81. The van der Waals surface area contributed by atoms with Gasteiger partial charge < -0.3 is 4.98 Å². The summed E-state index contributed by atoms with van der Waals surface area (Å²) in [5, 5.41) is 2.39. The lowest BCUT2D eigenvalue weighted by molar-refractivity contribution is 0.770. The van der Waals surface area contributed by atoms with Gasteiger partial charge in [0, 0.05) is 12.3 Å². The van der Waals surface area contributed by atoms with Crippen molar-refractivity contribution in [2.45, 2.75) is 0 Å². The minimum Gasteiger partial charge on any atom is -0.337 e. The van der Waals surface area contributed by atoms with E-state index >= 15 is 0 Å². The van der Waals surface area contributed by atoms with Gasteiger partial charge in [-0.05, 0) is 12.2 Å². The fraction of sp³-hybridized carbons (Fsp3) is 0. The minimum atomic E-state index is -0.529. The Balaban J connectivity index is 3.61. The Morgan fingerprint density at radius 3 is 2.80 bits per heavy atom. The summed E-state index contributed by atoms with van der Waals surface area (Å²) in [7, 11) is 0. The molecule has 0 aliphatic rings. The Labute approximate surface area is 60.3 Å². The van der Waals surface area contributed by atoms with Crippen LogP contribution >= 0.6 is 12.2 Å². The molecule has 0 saturated heterocycles. The Morgan fingerprint density at radius 1 is 1.70 bits per heavy atom. The van der Waals surface area contributed by atoms with E-state index in [0.717, 1.165) is 6.07 Å². The number of aromatic nitrogens is 2. The molecule has 0 fully saturated rings. The molecule has 1 rings (SSSR count). The van der Waals surface area contributed by atoms with Crippen LogP contribution in [-0.4, -0.2) is 9.66 Å². The van der Waals surface area contributed by atoms with Gasteiger partial charge in [-0.3, -0.25) is 4.79 Å². The molecule has 1 aromatic rings. The summed E-state index contributed by atoms with van der Waals surface area (Å²) in [4.78, 5) is 23.0. The predicted octanol–water partition coefficient (Wildman–Crippen LogP) is 0.435. The van der Waals surface area contributed by atoms with Gasteiger partial charge in [0.1, 0.15) is 0 Å². The SMILES string of the molecule is O=Nn1c(=O)cc[nH]c1=S. The summed E-state index contributed by atoms with van der Waals surface area (Å²) in [5.74, 6) is 0. The van der Waals surface area contributed by atoms with Gasteiger partial charge in [-0.25, -0.2) is 0 Å². The van der Waals surface area contributed by atoms with Crippen LogP contribution in [0.2, 0.25) is 0 Å². The van der Waals surface area contributed by atoms with Crippen LogP contribution in [0.3, 0.4) is 0 Å². The number of nitrogens with one attached hydrogen (secondary N) is 1. The second-order valence-corrected chi connectivity index (χ2v) is 1.90. The molecule has 0 aliphatic carbocycles. The first kappa shape index (κ1) is 6.81. The van der Waals surface area contributed by atoms with Crippen molar-refractivity contribution in [1.82, 2.24) is 9.66 Å². The van der Waals surface area contributed by atoms with Crippen molar-refractivity contribution in [3.05, 3.63) is 32.3 Å². The van der Waals surface area contributed by atoms with Gasteiger partial charge in [0.2, 0.25) is 4.77 Å². The third kappa shape index (κ3) is 1.01. The highest BCUT2D eigenvalue weighted by Crippen LogP contribution is 1.79. The lowest BCUT2D eigenvalue weighted by atomic mass is 10.7. The topological polar surface area (TPSA) is 67.2 Å². The standard InChI is InChI=1S/C4H3N3O2S/c8-3-1-2-5-4(10)7(3)6-9/h1-2H,(H,5,10). The molecule has 0 amide bonds. The first-order valence-electron chi connectivity index (χ1n) is 2.40. The van der Waals surface area contributed by atoms with Crippen molar-refractivity contribution < 1.29 is 0 Å². The molecule has 0 bridgehead atoms. The number of hydrogen-bond acceptors (Lipinski definition) is 4. The van der Waals surface area contributed by atoms with Crippen molar-refractivity contribution in [3.8, 4) is 0 Å². The van der Waals surface area contributed by atoms with E-state index in [9.17, 15) is 9.70 Å². The van der Waals surface area contributed by atoms with Gasteiger partial charge in [0.25, 0.3) is 5.56 Å². The Hall–Kier alpha value is -1.30. The normalized spacial score (nSPS) is 9.20. The number of rotatable bonds is 1. The van der Waals surface area contributed by atoms with Crippen molar-refractivity contribution >= 4 is 12.2 Å². The smallest absolute Gasteiger partial charge is 0.277 e. The van der Waals surface area contributed by atoms with E-state index in [-0.39, 0.29) is 4.77 Å². The predicted molar refractivity (Wildman–Crippen MR) is 37.1 cm³/mol. The van der Waals surface area contributed by atoms with Crippen LogP contribution in [0.4, 0.5) is 0 Å². The number of nitrogens with zero attached hydrogens (tertiary/aromatic N) is 2. The highest BCUT2D eigenvalue weighted by atomic mass is 32.1. The van der Waals surface area contributed by atoms with Crippen LogP contribution in [0.25, 0.3) is 0 Å². The van der Waals surface area contributed by atoms with E-state index in [0.29, 0.717) is 4.68 Å². The molecule has 52 valence electrons. The molecule has 10 heavy (non-hydrogen) atoms. The largest absolute Gasteiger partial charge is 0.337 e. The second kappa shape index (κ2) is 2.53.